The Balaban J connectivity index is 2.15. The number of hydrogen-bond acceptors (Lipinski definition) is 2. The molecule has 0 saturated heterocycles. The molecule has 2 N–H and O–H groups in total. The monoisotopic (exact) mass is 314 g/mol. The Labute approximate surface area is 132 Å². The maximum absolute atomic E-state index is 12.3. The topological polar surface area (TPSA) is 62.0 Å². The van der Waals surface area contributed by atoms with Crippen molar-refractivity contribution in [3.8, 4) is 0 Å². The van der Waals surface area contributed by atoms with Gasteiger partial charge in [0.05, 0.1) is 5.57 Å². The molecule has 5 heteroatoms. The number of benzene rings is 1. The van der Waals surface area contributed by atoms with Crippen molar-refractivity contribution in [2.45, 2.75) is 25.7 Å². The minimum atomic E-state index is -1.07. The number of fused-ring (bicyclic) bond motifs is 1. The molecular formula is C17H18N2O2S. The third-order valence-corrected chi connectivity index (χ3v) is 5.16. The standard InChI is InChI=1S/C17H18N2O2S/c1-9-10(2)16(18-11(9)3)8-14-13-7-12(22(4)21)5-6-15(13)19-17(14)20/h5-8,18H,1-4H3,(H,19,20). The number of amides is 1. The fraction of sp³-hybridized carbons (Fsp3) is 0.235. The third kappa shape index (κ3) is 2.31. The molecule has 0 fully saturated rings. The summed E-state index contributed by atoms with van der Waals surface area (Å²) in [4.78, 5) is 16.3. The van der Waals surface area contributed by atoms with Gasteiger partial charge in [-0.15, -0.1) is 0 Å². The van der Waals surface area contributed by atoms with Gasteiger partial charge in [-0.05, 0) is 56.2 Å². The van der Waals surface area contributed by atoms with E-state index in [1.807, 2.05) is 32.1 Å². The Kier molecular flexibility index (Phi) is 3.53. The fourth-order valence-corrected chi connectivity index (χ4v) is 3.19. The summed E-state index contributed by atoms with van der Waals surface area (Å²) in [6.07, 6.45) is 3.51. The van der Waals surface area contributed by atoms with Crippen LogP contribution in [0.25, 0.3) is 11.6 Å². The van der Waals surface area contributed by atoms with Crippen LogP contribution in [0, 0.1) is 20.8 Å². The number of anilines is 1. The van der Waals surface area contributed by atoms with Crippen molar-refractivity contribution in [1.82, 2.24) is 4.98 Å². The number of nitrogens with one attached hydrogen (secondary N) is 2. The molecule has 114 valence electrons. The lowest BCUT2D eigenvalue weighted by atomic mass is 10.0. The van der Waals surface area contributed by atoms with Gasteiger partial charge in [0.2, 0.25) is 0 Å². The van der Waals surface area contributed by atoms with E-state index < -0.39 is 10.8 Å². The molecule has 2 heterocycles. The second-order valence-corrected chi connectivity index (χ2v) is 6.97. The first kappa shape index (κ1) is 14.8. The van der Waals surface area contributed by atoms with Gasteiger partial charge in [-0.25, -0.2) is 0 Å². The highest BCUT2D eigenvalue weighted by Gasteiger charge is 2.25. The van der Waals surface area contributed by atoms with Crippen molar-refractivity contribution in [2.75, 3.05) is 11.6 Å². The van der Waals surface area contributed by atoms with Gasteiger partial charge in [0, 0.05) is 44.6 Å². The maximum atomic E-state index is 12.3. The van der Waals surface area contributed by atoms with Crippen molar-refractivity contribution in [3.05, 3.63) is 46.3 Å². The third-order valence-electron chi connectivity index (χ3n) is 4.25. The molecular weight excluding hydrogens is 296 g/mol. The second kappa shape index (κ2) is 5.25. The van der Waals surface area contributed by atoms with Gasteiger partial charge in [0.15, 0.2) is 0 Å². The van der Waals surface area contributed by atoms with Crippen LogP contribution in [0.5, 0.6) is 0 Å². The lowest BCUT2D eigenvalue weighted by Gasteiger charge is -2.02. The molecule has 3 rings (SSSR count). The van der Waals surface area contributed by atoms with Gasteiger partial charge in [0.25, 0.3) is 5.91 Å². The van der Waals surface area contributed by atoms with Crippen LogP contribution in [0.3, 0.4) is 0 Å². The van der Waals surface area contributed by atoms with Gasteiger partial charge in [0.1, 0.15) is 0 Å². The van der Waals surface area contributed by atoms with E-state index in [-0.39, 0.29) is 5.91 Å². The Morgan fingerprint density at radius 2 is 1.86 bits per heavy atom. The number of hydrogen-bond donors (Lipinski definition) is 2. The zero-order valence-electron chi connectivity index (χ0n) is 13.0. The minimum absolute atomic E-state index is 0.127. The minimum Gasteiger partial charge on any atom is -0.359 e. The molecule has 0 saturated carbocycles. The molecule has 1 unspecified atom stereocenters. The normalized spacial score (nSPS) is 16.7. The van der Waals surface area contributed by atoms with Crippen LogP contribution in [-0.2, 0) is 15.6 Å². The summed E-state index contributed by atoms with van der Waals surface area (Å²) in [6.45, 7) is 6.12. The Hall–Kier alpha value is -2.14. The van der Waals surface area contributed by atoms with Gasteiger partial charge in [-0.2, -0.15) is 0 Å². The summed E-state index contributed by atoms with van der Waals surface area (Å²) in [5.41, 5.74) is 6.56. The highest BCUT2D eigenvalue weighted by atomic mass is 32.2. The molecule has 1 aromatic carbocycles. The smallest absolute Gasteiger partial charge is 0.256 e. The van der Waals surface area contributed by atoms with E-state index in [2.05, 4.69) is 17.2 Å². The lowest BCUT2D eigenvalue weighted by Crippen LogP contribution is -2.03. The molecule has 4 nitrogen and oxygen atoms in total. The highest BCUT2D eigenvalue weighted by molar-refractivity contribution is 7.84. The number of carbonyl (C=O) groups is 1. The maximum Gasteiger partial charge on any atom is 0.256 e. The largest absolute Gasteiger partial charge is 0.359 e. The van der Waals surface area contributed by atoms with E-state index in [1.165, 1.54) is 5.56 Å². The summed E-state index contributed by atoms with van der Waals surface area (Å²) in [7, 11) is -1.07. The molecule has 0 aliphatic carbocycles. The van der Waals surface area contributed by atoms with Crippen LogP contribution in [0.15, 0.2) is 23.1 Å². The van der Waals surface area contributed by atoms with Crippen molar-refractivity contribution in [3.63, 3.8) is 0 Å². The molecule has 1 aromatic heterocycles. The molecule has 1 atom stereocenters. The van der Waals surface area contributed by atoms with Crippen molar-refractivity contribution in [1.29, 1.82) is 0 Å². The van der Waals surface area contributed by atoms with Crippen LogP contribution in [-0.4, -0.2) is 21.4 Å². The van der Waals surface area contributed by atoms with E-state index in [1.54, 1.807) is 12.3 Å². The summed E-state index contributed by atoms with van der Waals surface area (Å²) in [5.74, 6) is -0.127. The molecule has 0 bridgehead atoms. The predicted octanol–water partition coefficient (Wildman–Crippen LogP) is 3.17. The van der Waals surface area contributed by atoms with Crippen molar-refractivity contribution in [2.24, 2.45) is 0 Å². The number of carbonyl (C=O) groups excluding carboxylic acids is 1. The van der Waals surface area contributed by atoms with Gasteiger partial charge in [-0.3, -0.25) is 9.00 Å². The fourth-order valence-electron chi connectivity index (χ4n) is 2.65. The molecule has 2 aromatic rings. The number of rotatable bonds is 2. The first-order chi connectivity index (χ1) is 10.4. The summed E-state index contributed by atoms with van der Waals surface area (Å²) >= 11 is 0. The molecule has 0 radical (unpaired) electrons. The number of H-pyrrole nitrogens is 1. The number of aromatic nitrogens is 1. The van der Waals surface area contributed by atoms with E-state index in [0.717, 1.165) is 33.1 Å². The molecule has 0 spiro atoms. The average Bonchev–Trinajstić information content (AvgIpc) is 2.91. The zero-order chi connectivity index (χ0) is 16.0. The van der Waals surface area contributed by atoms with Crippen molar-refractivity contribution >= 4 is 34.0 Å². The SMILES string of the molecule is Cc1[nH]c(C=C2C(=O)Nc3ccc(S(C)=O)cc32)c(C)c1C. The van der Waals surface area contributed by atoms with Gasteiger partial charge < -0.3 is 10.3 Å². The van der Waals surface area contributed by atoms with E-state index in [4.69, 9.17) is 0 Å². The Morgan fingerprint density at radius 1 is 1.14 bits per heavy atom. The van der Waals surface area contributed by atoms with Crippen LogP contribution >= 0.6 is 0 Å². The summed E-state index contributed by atoms with van der Waals surface area (Å²) in [5, 5.41) is 2.85. The molecule has 1 aliphatic rings. The lowest BCUT2D eigenvalue weighted by molar-refractivity contribution is -0.110. The van der Waals surface area contributed by atoms with Gasteiger partial charge in [-0.1, -0.05) is 0 Å². The van der Waals surface area contributed by atoms with Gasteiger partial charge >= 0.3 is 0 Å². The summed E-state index contributed by atoms with van der Waals surface area (Å²) in [6, 6.07) is 5.42. The quantitative estimate of drug-likeness (QED) is 0.836. The first-order valence-corrected chi connectivity index (χ1v) is 8.61. The van der Waals surface area contributed by atoms with Crippen LogP contribution < -0.4 is 5.32 Å². The van der Waals surface area contributed by atoms with Crippen LogP contribution in [0.4, 0.5) is 5.69 Å². The Bertz CT molecular complexity index is 847. The first-order valence-electron chi connectivity index (χ1n) is 7.05. The second-order valence-electron chi connectivity index (χ2n) is 5.59. The zero-order valence-corrected chi connectivity index (χ0v) is 13.9. The highest BCUT2D eigenvalue weighted by Crippen LogP contribution is 2.35. The number of aromatic amines is 1. The van der Waals surface area contributed by atoms with E-state index in [0.29, 0.717) is 5.57 Å². The van der Waals surface area contributed by atoms with E-state index >= 15 is 0 Å². The average molecular weight is 314 g/mol. The Morgan fingerprint density at radius 3 is 2.45 bits per heavy atom. The molecule has 1 aliphatic heterocycles. The van der Waals surface area contributed by atoms with Crippen molar-refractivity contribution < 1.29 is 9.00 Å². The molecule has 1 amide bonds. The predicted molar refractivity (Wildman–Crippen MR) is 90.3 cm³/mol. The molecule has 22 heavy (non-hydrogen) atoms. The van der Waals surface area contributed by atoms with E-state index in [9.17, 15) is 9.00 Å². The number of aryl methyl sites for hydroxylation is 1. The van der Waals surface area contributed by atoms with Crippen LogP contribution in [0.2, 0.25) is 0 Å². The summed E-state index contributed by atoms with van der Waals surface area (Å²) < 4.78 is 11.7. The van der Waals surface area contributed by atoms with Crippen LogP contribution in [0.1, 0.15) is 28.1 Å².